The van der Waals surface area contributed by atoms with Crippen LogP contribution in [0.2, 0.25) is 0 Å². The molecule has 3 heterocycles. The monoisotopic (exact) mass is 258 g/mol. The van der Waals surface area contributed by atoms with Gasteiger partial charge >= 0.3 is 0 Å². The molecule has 0 unspecified atom stereocenters. The van der Waals surface area contributed by atoms with Crippen molar-refractivity contribution in [3.63, 3.8) is 0 Å². The molecule has 1 atom stereocenters. The van der Waals surface area contributed by atoms with Crippen LogP contribution in [-0.4, -0.2) is 25.9 Å². The molecule has 0 saturated carbocycles. The van der Waals surface area contributed by atoms with Crippen LogP contribution in [-0.2, 0) is 13.0 Å². The highest BCUT2D eigenvalue weighted by Gasteiger charge is 2.34. The second-order valence-electron chi connectivity index (χ2n) is 4.51. The molecule has 6 nitrogen and oxygen atoms in total. The van der Waals surface area contributed by atoms with Gasteiger partial charge in [0.1, 0.15) is 6.04 Å². The van der Waals surface area contributed by atoms with Crippen LogP contribution in [0, 0.1) is 0 Å². The standard InChI is InChI=1S/C13H14N4O2/c1-3-11-15-12(19-16-11)8(2)17-7-10-9(13(17)18)5-4-6-14-10/h4-6,8H,3,7H2,1-2H3/t8-/m0/s1. The molecule has 0 radical (unpaired) electrons. The Kier molecular flexibility index (Phi) is 2.77. The number of rotatable bonds is 3. The zero-order valence-corrected chi connectivity index (χ0v) is 10.8. The SMILES string of the molecule is CCc1noc([C@H](C)N2Cc3ncccc3C2=O)n1. The van der Waals surface area contributed by atoms with Gasteiger partial charge in [0.25, 0.3) is 5.91 Å². The van der Waals surface area contributed by atoms with E-state index < -0.39 is 0 Å². The molecule has 1 amide bonds. The van der Waals surface area contributed by atoms with E-state index in [1.54, 1.807) is 23.2 Å². The number of hydrogen-bond donors (Lipinski definition) is 0. The molecule has 1 aliphatic heterocycles. The van der Waals surface area contributed by atoms with E-state index in [1.165, 1.54) is 0 Å². The molecule has 0 aliphatic carbocycles. The number of hydrogen-bond acceptors (Lipinski definition) is 5. The average molecular weight is 258 g/mol. The number of pyridine rings is 1. The summed E-state index contributed by atoms with van der Waals surface area (Å²) in [6, 6.07) is 3.32. The van der Waals surface area contributed by atoms with Crippen molar-refractivity contribution in [2.24, 2.45) is 0 Å². The summed E-state index contributed by atoms with van der Waals surface area (Å²) in [6.45, 7) is 4.33. The van der Waals surface area contributed by atoms with E-state index in [9.17, 15) is 4.79 Å². The topological polar surface area (TPSA) is 72.1 Å². The summed E-state index contributed by atoms with van der Waals surface area (Å²) in [4.78, 5) is 22.5. The van der Waals surface area contributed by atoms with Crippen LogP contribution in [0.3, 0.4) is 0 Å². The summed E-state index contributed by atoms with van der Waals surface area (Å²) >= 11 is 0. The Morgan fingerprint density at radius 2 is 2.37 bits per heavy atom. The minimum absolute atomic E-state index is 0.0353. The van der Waals surface area contributed by atoms with Crippen LogP contribution >= 0.6 is 0 Å². The third-order valence-electron chi connectivity index (χ3n) is 3.33. The second-order valence-corrected chi connectivity index (χ2v) is 4.51. The summed E-state index contributed by atoms with van der Waals surface area (Å²) < 4.78 is 5.20. The van der Waals surface area contributed by atoms with Crippen LogP contribution in [0.5, 0.6) is 0 Å². The van der Waals surface area contributed by atoms with Crippen molar-refractivity contribution in [2.75, 3.05) is 0 Å². The zero-order chi connectivity index (χ0) is 13.4. The van der Waals surface area contributed by atoms with Gasteiger partial charge in [-0.25, -0.2) is 0 Å². The van der Waals surface area contributed by atoms with Gasteiger partial charge in [0.05, 0.1) is 17.8 Å². The summed E-state index contributed by atoms with van der Waals surface area (Å²) in [5, 5.41) is 3.86. The molecule has 2 aromatic rings. The van der Waals surface area contributed by atoms with Crippen molar-refractivity contribution in [3.8, 4) is 0 Å². The predicted octanol–water partition coefficient (Wildman–Crippen LogP) is 1.74. The largest absolute Gasteiger partial charge is 0.337 e. The Morgan fingerprint density at radius 1 is 1.53 bits per heavy atom. The summed E-state index contributed by atoms with van der Waals surface area (Å²) in [7, 11) is 0. The van der Waals surface area contributed by atoms with Crippen molar-refractivity contribution < 1.29 is 9.32 Å². The minimum atomic E-state index is -0.241. The lowest BCUT2D eigenvalue weighted by molar-refractivity contribution is 0.0683. The van der Waals surface area contributed by atoms with E-state index in [2.05, 4.69) is 15.1 Å². The molecule has 0 bridgehead atoms. The first-order chi connectivity index (χ1) is 9.20. The maximum absolute atomic E-state index is 12.3. The number of aromatic nitrogens is 3. The average Bonchev–Trinajstić information content (AvgIpc) is 3.04. The van der Waals surface area contributed by atoms with Gasteiger partial charge in [-0.15, -0.1) is 0 Å². The second kappa shape index (κ2) is 4.46. The lowest BCUT2D eigenvalue weighted by atomic mass is 10.2. The Hall–Kier alpha value is -2.24. The minimum Gasteiger partial charge on any atom is -0.337 e. The Morgan fingerprint density at radius 3 is 3.05 bits per heavy atom. The molecule has 3 rings (SSSR count). The molecule has 19 heavy (non-hydrogen) atoms. The van der Waals surface area contributed by atoms with Crippen molar-refractivity contribution in [1.29, 1.82) is 0 Å². The van der Waals surface area contributed by atoms with Crippen LogP contribution < -0.4 is 0 Å². The third kappa shape index (κ3) is 1.89. The molecule has 0 fully saturated rings. The fourth-order valence-corrected chi connectivity index (χ4v) is 2.17. The molecule has 0 aromatic carbocycles. The normalized spacial score (nSPS) is 15.7. The maximum atomic E-state index is 12.3. The quantitative estimate of drug-likeness (QED) is 0.838. The molecule has 98 valence electrons. The van der Waals surface area contributed by atoms with Crippen LogP contribution in [0.25, 0.3) is 0 Å². The van der Waals surface area contributed by atoms with E-state index in [-0.39, 0.29) is 11.9 Å². The molecular formula is C13H14N4O2. The summed E-state index contributed by atoms with van der Waals surface area (Å²) in [5.41, 5.74) is 1.46. The summed E-state index contributed by atoms with van der Waals surface area (Å²) in [6.07, 6.45) is 2.41. The van der Waals surface area contributed by atoms with E-state index in [0.29, 0.717) is 30.2 Å². The molecule has 0 saturated heterocycles. The van der Waals surface area contributed by atoms with E-state index in [1.807, 2.05) is 13.8 Å². The van der Waals surface area contributed by atoms with Crippen molar-refractivity contribution in [3.05, 3.63) is 41.3 Å². The van der Waals surface area contributed by atoms with Crippen LogP contribution in [0.1, 0.15) is 47.7 Å². The van der Waals surface area contributed by atoms with Crippen molar-refractivity contribution in [1.82, 2.24) is 20.0 Å². The fourth-order valence-electron chi connectivity index (χ4n) is 2.17. The fraction of sp³-hybridized carbons (Fsp3) is 0.385. The van der Waals surface area contributed by atoms with E-state index in [0.717, 1.165) is 5.69 Å². The smallest absolute Gasteiger partial charge is 0.256 e. The number of fused-ring (bicyclic) bond motifs is 1. The molecule has 2 aromatic heterocycles. The Balaban J connectivity index is 1.87. The maximum Gasteiger partial charge on any atom is 0.256 e. The van der Waals surface area contributed by atoms with Crippen LogP contribution in [0.4, 0.5) is 0 Å². The van der Waals surface area contributed by atoms with Crippen LogP contribution in [0.15, 0.2) is 22.9 Å². The number of aryl methyl sites for hydroxylation is 1. The van der Waals surface area contributed by atoms with Gasteiger partial charge in [-0.3, -0.25) is 9.78 Å². The number of carbonyl (C=O) groups is 1. The number of amides is 1. The first-order valence-electron chi connectivity index (χ1n) is 6.28. The van der Waals surface area contributed by atoms with Gasteiger partial charge in [0.15, 0.2) is 5.82 Å². The van der Waals surface area contributed by atoms with Gasteiger partial charge in [0.2, 0.25) is 5.89 Å². The molecule has 1 aliphatic rings. The highest BCUT2D eigenvalue weighted by Crippen LogP contribution is 2.29. The lowest BCUT2D eigenvalue weighted by Gasteiger charge is -2.20. The van der Waals surface area contributed by atoms with Gasteiger partial charge in [-0.05, 0) is 19.1 Å². The first kappa shape index (κ1) is 11.8. The third-order valence-corrected chi connectivity index (χ3v) is 3.33. The highest BCUT2D eigenvalue weighted by atomic mass is 16.5. The molecular weight excluding hydrogens is 244 g/mol. The van der Waals surface area contributed by atoms with Gasteiger partial charge in [-0.2, -0.15) is 4.98 Å². The lowest BCUT2D eigenvalue weighted by Crippen LogP contribution is -2.27. The van der Waals surface area contributed by atoms with Gasteiger partial charge < -0.3 is 9.42 Å². The summed E-state index contributed by atoms with van der Waals surface area (Å²) in [5.74, 6) is 1.09. The Bertz CT molecular complexity index is 623. The van der Waals surface area contributed by atoms with Crippen molar-refractivity contribution in [2.45, 2.75) is 32.9 Å². The van der Waals surface area contributed by atoms with Gasteiger partial charge in [0, 0.05) is 12.6 Å². The molecule has 0 N–H and O–H groups in total. The number of carbonyl (C=O) groups excluding carboxylic acids is 1. The number of nitrogens with zero attached hydrogens (tertiary/aromatic N) is 4. The molecule has 6 heteroatoms. The Labute approximate surface area is 110 Å². The zero-order valence-electron chi connectivity index (χ0n) is 10.8. The predicted molar refractivity (Wildman–Crippen MR) is 66.2 cm³/mol. The van der Waals surface area contributed by atoms with E-state index >= 15 is 0 Å². The molecule has 0 spiro atoms. The highest BCUT2D eigenvalue weighted by molar-refractivity contribution is 5.97. The first-order valence-corrected chi connectivity index (χ1v) is 6.28. The van der Waals surface area contributed by atoms with Gasteiger partial charge in [-0.1, -0.05) is 12.1 Å². The van der Waals surface area contributed by atoms with E-state index in [4.69, 9.17) is 4.52 Å². The van der Waals surface area contributed by atoms with Crippen molar-refractivity contribution >= 4 is 5.91 Å².